The second kappa shape index (κ2) is 5.21. The van der Waals surface area contributed by atoms with Crippen molar-refractivity contribution in [3.8, 4) is 0 Å². The lowest BCUT2D eigenvalue weighted by atomic mass is 10.1. The molecule has 0 amide bonds. The Morgan fingerprint density at radius 3 is 2.47 bits per heavy atom. The third-order valence-electron chi connectivity index (χ3n) is 2.56. The van der Waals surface area contributed by atoms with Crippen LogP contribution in [0.3, 0.4) is 0 Å². The van der Waals surface area contributed by atoms with Crippen molar-refractivity contribution in [3.63, 3.8) is 0 Å². The minimum absolute atomic E-state index is 0.227. The molecule has 1 heterocycles. The molecule has 1 unspecified atom stereocenters. The fourth-order valence-electron chi connectivity index (χ4n) is 1.81. The summed E-state index contributed by atoms with van der Waals surface area (Å²) in [7, 11) is 0. The van der Waals surface area contributed by atoms with Crippen LogP contribution in [0.1, 0.15) is 13.3 Å². The molecule has 102 valence electrons. The molecule has 0 fully saturated rings. The maximum atomic E-state index is 12.3. The van der Waals surface area contributed by atoms with E-state index in [9.17, 15) is 13.2 Å². The molecular weight excluding hydrogens is 279 g/mol. The molecule has 0 bridgehead atoms. The molecule has 1 atom stereocenters. The van der Waals surface area contributed by atoms with Crippen LogP contribution in [0.4, 0.5) is 19.0 Å². The third kappa shape index (κ3) is 3.47. The van der Waals surface area contributed by atoms with E-state index in [1.165, 1.54) is 6.92 Å². The topological polar surface area (TPSA) is 37.8 Å². The number of hydrogen-bond acceptors (Lipinski definition) is 3. The molecule has 0 aliphatic rings. The lowest BCUT2D eigenvalue weighted by Crippen LogP contribution is -2.24. The Bertz CT molecular complexity index is 586. The van der Waals surface area contributed by atoms with Crippen molar-refractivity contribution in [1.29, 1.82) is 0 Å². The van der Waals surface area contributed by atoms with Gasteiger partial charge in [0.1, 0.15) is 0 Å². The fourth-order valence-corrected chi connectivity index (χ4v) is 2.01. The fraction of sp³-hybridized carbons (Fsp3) is 0.333. The molecule has 19 heavy (non-hydrogen) atoms. The largest absolute Gasteiger partial charge is 0.391 e. The van der Waals surface area contributed by atoms with Crippen LogP contribution in [0.5, 0.6) is 0 Å². The van der Waals surface area contributed by atoms with Crippen molar-refractivity contribution in [1.82, 2.24) is 10.2 Å². The average molecular weight is 290 g/mol. The highest BCUT2D eigenvalue weighted by Crippen LogP contribution is 2.28. The summed E-state index contributed by atoms with van der Waals surface area (Å²) in [5.41, 5.74) is 0. The van der Waals surface area contributed by atoms with Crippen molar-refractivity contribution in [2.45, 2.75) is 25.6 Å². The van der Waals surface area contributed by atoms with Gasteiger partial charge in [-0.25, -0.2) is 0 Å². The maximum absolute atomic E-state index is 12.3. The number of rotatable bonds is 3. The predicted molar refractivity (Wildman–Crippen MR) is 68.3 cm³/mol. The summed E-state index contributed by atoms with van der Waals surface area (Å²) in [6.45, 7) is 1.44. The van der Waals surface area contributed by atoms with Crippen LogP contribution in [0, 0.1) is 0 Å². The summed E-state index contributed by atoms with van der Waals surface area (Å²) < 4.78 is 36.9. The zero-order valence-corrected chi connectivity index (χ0v) is 10.8. The van der Waals surface area contributed by atoms with Crippen molar-refractivity contribution in [2.75, 3.05) is 5.32 Å². The van der Waals surface area contributed by atoms with Gasteiger partial charge in [-0.15, -0.1) is 10.2 Å². The Labute approximate surface area is 112 Å². The Balaban J connectivity index is 2.29. The first-order valence-corrected chi connectivity index (χ1v) is 5.99. The Hall–Kier alpha value is -1.56. The van der Waals surface area contributed by atoms with Gasteiger partial charge in [0.2, 0.25) is 0 Å². The van der Waals surface area contributed by atoms with Gasteiger partial charge in [-0.2, -0.15) is 13.2 Å². The van der Waals surface area contributed by atoms with Crippen LogP contribution in [0.2, 0.25) is 5.15 Å². The molecule has 1 aromatic heterocycles. The monoisotopic (exact) mass is 289 g/mol. The molecule has 0 radical (unpaired) electrons. The zero-order valence-electron chi connectivity index (χ0n) is 10.0. The lowest BCUT2D eigenvalue weighted by Gasteiger charge is -2.17. The third-order valence-corrected chi connectivity index (χ3v) is 2.84. The summed E-state index contributed by atoms with van der Waals surface area (Å²) in [4.78, 5) is 0. The first-order valence-electron chi connectivity index (χ1n) is 5.61. The molecule has 0 saturated carbocycles. The molecule has 2 aromatic rings. The highest BCUT2D eigenvalue weighted by molar-refractivity contribution is 6.34. The van der Waals surface area contributed by atoms with Gasteiger partial charge in [0.15, 0.2) is 11.0 Å². The molecule has 1 aromatic carbocycles. The summed E-state index contributed by atoms with van der Waals surface area (Å²) in [5.74, 6) is 0.303. The smallest absolute Gasteiger partial charge is 0.365 e. The van der Waals surface area contributed by atoms with Gasteiger partial charge in [0.05, 0.1) is 6.42 Å². The Kier molecular flexibility index (Phi) is 3.80. The molecule has 7 heteroatoms. The second-order valence-corrected chi connectivity index (χ2v) is 4.61. The van der Waals surface area contributed by atoms with Crippen LogP contribution in [-0.4, -0.2) is 22.4 Å². The van der Waals surface area contributed by atoms with Gasteiger partial charge >= 0.3 is 6.18 Å². The minimum Gasteiger partial charge on any atom is -0.365 e. The number of hydrogen-bond donors (Lipinski definition) is 1. The van der Waals surface area contributed by atoms with E-state index < -0.39 is 18.6 Å². The molecule has 1 N–H and O–H groups in total. The molecule has 2 rings (SSSR count). The van der Waals surface area contributed by atoms with Crippen molar-refractivity contribution >= 4 is 28.2 Å². The number of nitrogens with zero attached hydrogens (tertiary/aromatic N) is 2. The second-order valence-electron chi connectivity index (χ2n) is 4.25. The van der Waals surface area contributed by atoms with Crippen molar-refractivity contribution in [2.24, 2.45) is 0 Å². The quantitative estimate of drug-likeness (QED) is 0.927. The predicted octanol–water partition coefficient (Wildman–Crippen LogP) is 4.04. The van der Waals surface area contributed by atoms with Crippen LogP contribution in [0.15, 0.2) is 24.3 Å². The van der Waals surface area contributed by atoms with Crippen LogP contribution >= 0.6 is 11.6 Å². The van der Waals surface area contributed by atoms with E-state index in [0.29, 0.717) is 16.6 Å². The van der Waals surface area contributed by atoms with E-state index in [1.807, 2.05) is 0 Å². The molecule has 3 nitrogen and oxygen atoms in total. The highest BCUT2D eigenvalue weighted by atomic mass is 35.5. The maximum Gasteiger partial charge on any atom is 0.391 e. The minimum atomic E-state index is -4.22. The Morgan fingerprint density at radius 2 is 1.84 bits per heavy atom. The number of alkyl halides is 3. The first-order chi connectivity index (χ1) is 8.87. The van der Waals surface area contributed by atoms with E-state index in [4.69, 9.17) is 11.6 Å². The van der Waals surface area contributed by atoms with Crippen LogP contribution < -0.4 is 5.32 Å². The van der Waals surface area contributed by atoms with Crippen LogP contribution in [0.25, 0.3) is 10.8 Å². The zero-order chi connectivity index (χ0) is 14.0. The summed E-state index contributed by atoms with van der Waals surface area (Å²) in [5, 5.41) is 11.8. The van der Waals surface area contributed by atoms with E-state index in [0.717, 1.165) is 0 Å². The average Bonchev–Trinajstić information content (AvgIpc) is 2.31. The molecule has 0 spiro atoms. The van der Waals surface area contributed by atoms with E-state index >= 15 is 0 Å². The number of fused-ring (bicyclic) bond motifs is 1. The van der Waals surface area contributed by atoms with Gasteiger partial charge < -0.3 is 5.32 Å². The van der Waals surface area contributed by atoms with Crippen molar-refractivity contribution < 1.29 is 13.2 Å². The Morgan fingerprint density at radius 1 is 1.21 bits per heavy atom. The van der Waals surface area contributed by atoms with Gasteiger partial charge in [-0.3, -0.25) is 0 Å². The van der Waals surface area contributed by atoms with Crippen molar-refractivity contribution in [3.05, 3.63) is 29.4 Å². The van der Waals surface area contributed by atoms with Crippen LogP contribution in [-0.2, 0) is 0 Å². The number of aromatic nitrogens is 2. The van der Waals surface area contributed by atoms with Gasteiger partial charge in [-0.1, -0.05) is 35.9 Å². The molecular formula is C12H11ClF3N3. The molecule has 0 saturated heterocycles. The van der Waals surface area contributed by atoms with Gasteiger partial charge in [0, 0.05) is 16.8 Å². The number of nitrogens with one attached hydrogen (secondary N) is 1. The van der Waals surface area contributed by atoms with E-state index in [-0.39, 0.29) is 5.15 Å². The van der Waals surface area contributed by atoms with E-state index in [1.54, 1.807) is 24.3 Å². The number of benzene rings is 1. The lowest BCUT2D eigenvalue weighted by molar-refractivity contribution is -0.136. The number of anilines is 1. The van der Waals surface area contributed by atoms with Gasteiger partial charge in [-0.05, 0) is 6.92 Å². The number of halogens is 4. The summed E-state index contributed by atoms with van der Waals surface area (Å²) in [6.07, 6.45) is -5.16. The normalized spacial score (nSPS) is 13.5. The highest BCUT2D eigenvalue weighted by Gasteiger charge is 2.30. The molecule has 0 aliphatic carbocycles. The standard InChI is InChI=1S/C12H11ClF3N3/c1-7(6-12(14,15)16)17-11-9-5-3-2-4-8(9)10(13)18-19-11/h2-5,7H,6H2,1H3,(H,17,19). The summed E-state index contributed by atoms with van der Waals surface area (Å²) >= 11 is 5.89. The first kappa shape index (κ1) is 13.9. The van der Waals surface area contributed by atoms with E-state index in [2.05, 4.69) is 15.5 Å². The SMILES string of the molecule is CC(CC(F)(F)F)Nc1nnc(Cl)c2ccccc12. The van der Waals surface area contributed by atoms with Gasteiger partial charge in [0.25, 0.3) is 0 Å². The summed E-state index contributed by atoms with van der Waals surface area (Å²) in [6, 6.07) is 6.22. The molecule has 0 aliphatic heterocycles.